The molecule has 4 saturated carbocycles. The van der Waals surface area contributed by atoms with Crippen molar-refractivity contribution < 1.29 is 43.5 Å². The molecule has 12 atom stereocenters. The van der Waals surface area contributed by atoms with Crippen LogP contribution >= 0.6 is 0 Å². The molecule has 0 spiro atoms. The van der Waals surface area contributed by atoms with Gasteiger partial charge in [-0.2, -0.15) is 0 Å². The minimum absolute atomic E-state index is 0.0739. The Balaban J connectivity index is 1.08. The van der Waals surface area contributed by atoms with Crippen LogP contribution in [0.1, 0.15) is 91.9 Å². The summed E-state index contributed by atoms with van der Waals surface area (Å²) < 4.78 is 30.0. The fraction of sp³-hybridized carbons (Fsp3) is 0.875. The van der Waals surface area contributed by atoms with E-state index in [1.807, 2.05) is 20.8 Å². The summed E-state index contributed by atoms with van der Waals surface area (Å²) in [4.78, 5) is 24.9. The van der Waals surface area contributed by atoms with Crippen LogP contribution in [-0.2, 0) is 33.3 Å². The molecular formula is C32H46O9. The summed E-state index contributed by atoms with van der Waals surface area (Å²) in [6.45, 7) is 8.28. The summed E-state index contributed by atoms with van der Waals surface area (Å²) in [7, 11) is 0. The van der Waals surface area contributed by atoms with Gasteiger partial charge in [0, 0.05) is 24.3 Å². The summed E-state index contributed by atoms with van der Waals surface area (Å²) in [5.41, 5.74) is -2.44. The Morgan fingerprint density at radius 2 is 1.78 bits per heavy atom. The molecule has 228 valence electrons. The van der Waals surface area contributed by atoms with Crippen LogP contribution in [-0.4, -0.2) is 76.8 Å². The predicted molar refractivity (Wildman–Crippen MR) is 145 cm³/mol. The van der Waals surface area contributed by atoms with E-state index >= 15 is 0 Å². The lowest BCUT2D eigenvalue weighted by atomic mass is 9.41. The van der Waals surface area contributed by atoms with E-state index in [4.69, 9.17) is 23.7 Å². The Hall–Kier alpha value is -1.36. The van der Waals surface area contributed by atoms with Gasteiger partial charge in [0.1, 0.15) is 19.0 Å². The van der Waals surface area contributed by atoms with E-state index in [9.17, 15) is 19.8 Å². The molecule has 7 aliphatic rings. The second-order valence-electron chi connectivity index (χ2n) is 14.9. The van der Waals surface area contributed by atoms with Gasteiger partial charge in [0.2, 0.25) is 0 Å². The van der Waals surface area contributed by atoms with Crippen LogP contribution in [0.25, 0.3) is 0 Å². The minimum atomic E-state index is -1.19. The molecule has 6 fully saturated rings. The molecule has 3 aliphatic heterocycles. The maximum atomic E-state index is 13.1. The molecule has 0 aromatic rings. The molecule has 0 bridgehead atoms. The van der Waals surface area contributed by atoms with Crippen molar-refractivity contribution in [3.05, 3.63) is 11.6 Å². The van der Waals surface area contributed by atoms with Gasteiger partial charge in [0.15, 0.2) is 12.1 Å². The van der Waals surface area contributed by atoms with Gasteiger partial charge in [-0.3, -0.25) is 0 Å². The first-order chi connectivity index (χ1) is 19.3. The first-order valence-electron chi connectivity index (χ1n) is 15.8. The quantitative estimate of drug-likeness (QED) is 0.295. The number of ether oxygens (including phenoxy) is 5. The predicted octanol–water partition coefficient (Wildman–Crippen LogP) is 3.58. The molecule has 2 N–H and O–H groups in total. The molecule has 0 unspecified atom stereocenters. The van der Waals surface area contributed by atoms with Crippen molar-refractivity contribution in [1.82, 2.24) is 0 Å². The molecule has 9 heteroatoms. The van der Waals surface area contributed by atoms with E-state index in [0.29, 0.717) is 51.6 Å². The number of aldehydes is 1. The lowest BCUT2D eigenvalue weighted by Crippen LogP contribution is -2.69. The Morgan fingerprint density at radius 1 is 1.00 bits per heavy atom. The van der Waals surface area contributed by atoms with Gasteiger partial charge in [0.05, 0.1) is 34.9 Å². The van der Waals surface area contributed by atoms with Gasteiger partial charge in [0.25, 0.3) is 0 Å². The van der Waals surface area contributed by atoms with Crippen LogP contribution in [0.15, 0.2) is 11.6 Å². The fourth-order valence-electron chi connectivity index (χ4n) is 10.7. The molecule has 4 aliphatic carbocycles. The summed E-state index contributed by atoms with van der Waals surface area (Å²) >= 11 is 0. The number of fused-ring (bicyclic) bond motifs is 6. The van der Waals surface area contributed by atoms with E-state index in [1.54, 1.807) is 6.08 Å². The van der Waals surface area contributed by atoms with E-state index in [0.717, 1.165) is 31.1 Å². The van der Waals surface area contributed by atoms with Gasteiger partial charge in [-0.25, -0.2) is 4.79 Å². The zero-order valence-electron chi connectivity index (χ0n) is 24.8. The van der Waals surface area contributed by atoms with Gasteiger partial charge < -0.3 is 38.7 Å². The highest BCUT2D eigenvalue weighted by Gasteiger charge is 2.71. The number of hydrogen-bond acceptors (Lipinski definition) is 9. The maximum Gasteiger partial charge on any atom is 0.331 e. The topological polar surface area (TPSA) is 121 Å². The van der Waals surface area contributed by atoms with Crippen molar-refractivity contribution in [2.24, 2.45) is 28.6 Å². The largest absolute Gasteiger partial charge is 0.458 e. The van der Waals surface area contributed by atoms with Gasteiger partial charge >= 0.3 is 5.97 Å². The van der Waals surface area contributed by atoms with Gasteiger partial charge in [-0.1, -0.05) is 6.92 Å². The average Bonchev–Trinajstić information content (AvgIpc) is 3.55. The molecule has 3 heterocycles. The van der Waals surface area contributed by atoms with Crippen LogP contribution in [0.3, 0.4) is 0 Å². The molecular weight excluding hydrogens is 528 g/mol. The normalized spacial score (nSPS) is 53.9. The minimum Gasteiger partial charge on any atom is -0.458 e. The smallest absolute Gasteiger partial charge is 0.331 e. The average molecular weight is 575 g/mol. The SMILES string of the molecule is C[C@@H]1O[C@@H](O[C@@H]2CC[C@]3(C=O)[C@H]4CC[C@]5(C)[C@@H](C6=CC(=O)OC6)CC[C@@]5(O)[C@@H]4CC[C@]3(O)C2)C[C@H]2OC(C)(C)O[C@H]12. The second-order valence-corrected chi connectivity index (χ2v) is 14.9. The second kappa shape index (κ2) is 9.32. The standard InChI is InChI=1S/C32H46O9/c1-18-27-24(40-28(2,3)41-27)14-26(38-18)39-20-5-10-30(17-33)22-6-9-29(4)21(19-13-25(34)37-16-19)8-12-32(29,36)23(22)7-11-31(30,35)15-20/h13,17-18,20-24,26-27,35-36H,5-12,14-16H2,1-4H3/t18-,20+,21+,22-,23+,24+,26-,27+,29+,30-,31-,32+/m0/s1. The van der Waals surface area contributed by atoms with Crippen molar-refractivity contribution >= 4 is 12.3 Å². The van der Waals surface area contributed by atoms with E-state index in [1.165, 1.54) is 0 Å². The lowest BCUT2D eigenvalue weighted by Gasteiger charge is -2.65. The highest BCUT2D eigenvalue weighted by atomic mass is 16.8. The van der Waals surface area contributed by atoms with Gasteiger partial charge in [-0.05, 0) is 95.5 Å². The molecule has 0 aromatic carbocycles. The highest BCUT2D eigenvalue weighted by Crippen LogP contribution is 2.70. The Kier molecular flexibility index (Phi) is 6.46. The Morgan fingerprint density at radius 3 is 2.51 bits per heavy atom. The van der Waals surface area contributed by atoms with Crippen molar-refractivity contribution in [2.75, 3.05) is 6.61 Å². The van der Waals surface area contributed by atoms with E-state index in [-0.39, 0.29) is 53.6 Å². The number of carbonyl (C=O) groups excluding carboxylic acids is 2. The fourth-order valence-corrected chi connectivity index (χ4v) is 10.7. The number of carbonyl (C=O) groups is 2. The number of cyclic esters (lactones) is 1. The third-order valence-corrected chi connectivity index (χ3v) is 12.7. The highest BCUT2D eigenvalue weighted by molar-refractivity contribution is 5.85. The molecule has 0 amide bonds. The zero-order chi connectivity index (χ0) is 29.0. The van der Waals surface area contributed by atoms with Crippen LogP contribution in [0.4, 0.5) is 0 Å². The summed E-state index contributed by atoms with van der Waals surface area (Å²) in [6, 6.07) is 0. The van der Waals surface area contributed by atoms with E-state index < -0.39 is 28.7 Å². The summed E-state index contributed by atoms with van der Waals surface area (Å²) in [5.74, 6) is -1.02. The first-order valence-corrected chi connectivity index (χ1v) is 15.8. The Bertz CT molecular complexity index is 1140. The van der Waals surface area contributed by atoms with Crippen molar-refractivity contribution in [3.8, 4) is 0 Å². The van der Waals surface area contributed by atoms with Crippen LogP contribution < -0.4 is 0 Å². The number of hydrogen-bond donors (Lipinski definition) is 2. The lowest BCUT2D eigenvalue weighted by molar-refractivity contribution is -0.278. The molecule has 0 aromatic heterocycles. The third kappa shape index (κ3) is 4.02. The number of esters is 1. The number of rotatable bonds is 4. The number of aliphatic hydroxyl groups is 2. The first kappa shape index (κ1) is 28.4. The van der Waals surface area contributed by atoms with Crippen LogP contribution in [0, 0.1) is 28.6 Å². The summed E-state index contributed by atoms with van der Waals surface area (Å²) in [5, 5.41) is 24.7. The molecule has 0 radical (unpaired) electrons. The Labute approximate surface area is 242 Å². The van der Waals surface area contributed by atoms with Crippen LogP contribution in [0.5, 0.6) is 0 Å². The monoisotopic (exact) mass is 574 g/mol. The third-order valence-electron chi connectivity index (χ3n) is 12.7. The van der Waals surface area contributed by atoms with Crippen LogP contribution in [0.2, 0.25) is 0 Å². The van der Waals surface area contributed by atoms with Crippen molar-refractivity contribution in [3.63, 3.8) is 0 Å². The molecule has 2 saturated heterocycles. The molecule has 9 nitrogen and oxygen atoms in total. The molecule has 41 heavy (non-hydrogen) atoms. The van der Waals surface area contributed by atoms with E-state index in [2.05, 4.69) is 6.92 Å². The zero-order valence-corrected chi connectivity index (χ0v) is 24.8. The van der Waals surface area contributed by atoms with Crippen molar-refractivity contribution in [2.45, 2.75) is 140 Å². The maximum absolute atomic E-state index is 13.1. The van der Waals surface area contributed by atoms with Crippen molar-refractivity contribution in [1.29, 1.82) is 0 Å². The summed E-state index contributed by atoms with van der Waals surface area (Å²) in [6.07, 6.45) is 7.78. The molecule has 7 rings (SSSR count). The van der Waals surface area contributed by atoms with Gasteiger partial charge in [-0.15, -0.1) is 0 Å².